The van der Waals surface area contributed by atoms with Crippen molar-refractivity contribution in [2.75, 3.05) is 6.54 Å². The van der Waals surface area contributed by atoms with Crippen molar-refractivity contribution in [1.82, 2.24) is 10.6 Å². The Hall–Kier alpha value is -0.570. The molecule has 3 atom stereocenters. The number of hydrogen-bond donors (Lipinski definition) is 2. The molecule has 1 aliphatic rings. The molecule has 1 amide bonds. The number of rotatable bonds is 4. The topological polar surface area (TPSA) is 41.1 Å². The molecule has 1 fully saturated rings. The second-order valence-corrected chi connectivity index (χ2v) is 5.26. The molecule has 0 saturated carbocycles. The highest BCUT2D eigenvalue weighted by atomic mass is 16.2. The van der Waals surface area contributed by atoms with Gasteiger partial charge in [-0.1, -0.05) is 20.8 Å². The van der Waals surface area contributed by atoms with Crippen LogP contribution in [0.2, 0.25) is 0 Å². The fourth-order valence-electron chi connectivity index (χ4n) is 2.43. The van der Waals surface area contributed by atoms with E-state index in [1.165, 1.54) is 0 Å². The molecule has 2 N–H and O–H groups in total. The Bertz CT molecular complexity index is 228. The first-order chi connectivity index (χ1) is 7.56. The van der Waals surface area contributed by atoms with Crippen LogP contribution in [-0.4, -0.2) is 24.5 Å². The van der Waals surface area contributed by atoms with Gasteiger partial charge in [-0.15, -0.1) is 0 Å². The van der Waals surface area contributed by atoms with Crippen molar-refractivity contribution in [3.05, 3.63) is 0 Å². The maximum absolute atomic E-state index is 12.1. The minimum absolute atomic E-state index is 0.154. The van der Waals surface area contributed by atoms with Crippen LogP contribution in [0, 0.1) is 11.8 Å². The van der Waals surface area contributed by atoms with Crippen molar-refractivity contribution in [3.8, 4) is 0 Å². The molecule has 0 spiro atoms. The van der Waals surface area contributed by atoms with E-state index in [9.17, 15) is 4.79 Å². The molecule has 3 heteroatoms. The summed E-state index contributed by atoms with van der Waals surface area (Å²) in [4.78, 5) is 12.1. The first kappa shape index (κ1) is 13.5. The molecule has 0 radical (unpaired) electrons. The van der Waals surface area contributed by atoms with E-state index >= 15 is 0 Å². The van der Waals surface area contributed by atoms with Gasteiger partial charge in [-0.3, -0.25) is 4.79 Å². The minimum atomic E-state index is 0.154. The predicted molar refractivity (Wildman–Crippen MR) is 67.2 cm³/mol. The summed E-state index contributed by atoms with van der Waals surface area (Å²) in [5.74, 6) is 0.905. The average molecular weight is 226 g/mol. The minimum Gasteiger partial charge on any atom is -0.353 e. The Morgan fingerprint density at radius 1 is 1.50 bits per heavy atom. The van der Waals surface area contributed by atoms with Crippen molar-refractivity contribution < 1.29 is 4.79 Å². The summed E-state index contributed by atoms with van der Waals surface area (Å²) in [6.07, 6.45) is 3.15. The quantitative estimate of drug-likeness (QED) is 0.769. The van der Waals surface area contributed by atoms with Gasteiger partial charge in [0.2, 0.25) is 5.91 Å². The molecule has 1 rings (SSSR count). The van der Waals surface area contributed by atoms with E-state index < -0.39 is 0 Å². The summed E-state index contributed by atoms with van der Waals surface area (Å²) in [5, 5.41) is 6.56. The van der Waals surface area contributed by atoms with Crippen LogP contribution in [0.1, 0.15) is 47.0 Å². The molecule has 0 aromatic heterocycles. The fourth-order valence-corrected chi connectivity index (χ4v) is 2.43. The second-order valence-electron chi connectivity index (χ2n) is 5.26. The summed E-state index contributed by atoms with van der Waals surface area (Å²) in [6, 6.07) is 0.639. The molecular weight excluding hydrogens is 200 g/mol. The van der Waals surface area contributed by atoms with Crippen molar-refractivity contribution in [2.24, 2.45) is 11.8 Å². The van der Waals surface area contributed by atoms with E-state index in [1.54, 1.807) is 0 Å². The van der Waals surface area contributed by atoms with Crippen LogP contribution >= 0.6 is 0 Å². The lowest BCUT2D eigenvalue weighted by molar-refractivity contribution is -0.127. The molecule has 0 aromatic carbocycles. The van der Waals surface area contributed by atoms with E-state index in [2.05, 4.69) is 38.3 Å². The first-order valence-electron chi connectivity index (χ1n) is 6.60. The second kappa shape index (κ2) is 6.24. The van der Waals surface area contributed by atoms with Gasteiger partial charge in [0.05, 0.1) is 5.92 Å². The summed E-state index contributed by atoms with van der Waals surface area (Å²) in [5.41, 5.74) is 0. The zero-order chi connectivity index (χ0) is 12.1. The molecule has 0 aromatic rings. The van der Waals surface area contributed by atoms with Crippen LogP contribution in [0.15, 0.2) is 0 Å². The molecule has 94 valence electrons. The molecule has 0 aliphatic carbocycles. The lowest BCUT2D eigenvalue weighted by Gasteiger charge is -2.31. The van der Waals surface area contributed by atoms with E-state index in [1.807, 2.05) is 0 Å². The molecular formula is C13H26N2O. The highest BCUT2D eigenvalue weighted by molar-refractivity contribution is 5.79. The van der Waals surface area contributed by atoms with Crippen LogP contribution in [-0.2, 0) is 4.79 Å². The maximum Gasteiger partial charge on any atom is 0.224 e. The SMILES string of the molecule is CCC(NC(=O)C1CCCNC1C)C(C)C. The Kier molecular flexibility index (Phi) is 5.26. The zero-order valence-corrected chi connectivity index (χ0v) is 11.0. The molecule has 3 unspecified atom stereocenters. The fraction of sp³-hybridized carbons (Fsp3) is 0.923. The molecule has 0 bridgehead atoms. The van der Waals surface area contributed by atoms with Crippen LogP contribution in [0.5, 0.6) is 0 Å². The van der Waals surface area contributed by atoms with Gasteiger partial charge < -0.3 is 10.6 Å². The highest BCUT2D eigenvalue weighted by Gasteiger charge is 2.28. The van der Waals surface area contributed by atoms with Crippen molar-refractivity contribution in [2.45, 2.75) is 59.0 Å². The number of nitrogens with one attached hydrogen (secondary N) is 2. The molecule has 1 saturated heterocycles. The zero-order valence-electron chi connectivity index (χ0n) is 11.0. The summed E-state index contributed by atoms with van der Waals surface area (Å²) < 4.78 is 0. The van der Waals surface area contributed by atoms with Gasteiger partial charge in [0.15, 0.2) is 0 Å². The normalized spacial score (nSPS) is 27.8. The highest BCUT2D eigenvalue weighted by Crippen LogP contribution is 2.17. The maximum atomic E-state index is 12.1. The molecule has 1 heterocycles. The van der Waals surface area contributed by atoms with E-state index in [-0.39, 0.29) is 11.8 Å². The largest absolute Gasteiger partial charge is 0.353 e. The summed E-state index contributed by atoms with van der Waals surface area (Å²) in [6.45, 7) is 9.62. The van der Waals surface area contributed by atoms with Gasteiger partial charge in [0.1, 0.15) is 0 Å². The lowest BCUT2D eigenvalue weighted by atomic mass is 9.90. The van der Waals surface area contributed by atoms with Crippen LogP contribution < -0.4 is 10.6 Å². The van der Waals surface area contributed by atoms with Crippen molar-refractivity contribution in [1.29, 1.82) is 0 Å². The van der Waals surface area contributed by atoms with Gasteiger partial charge in [-0.25, -0.2) is 0 Å². The van der Waals surface area contributed by atoms with Crippen molar-refractivity contribution in [3.63, 3.8) is 0 Å². The molecule has 3 nitrogen and oxygen atoms in total. The first-order valence-corrected chi connectivity index (χ1v) is 6.60. The van der Waals surface area contributed by atoms with Gasteiger partial charge in [0.25, 0.3) is 0 Å². The summed E-state index contributed by atoms with van der Waals surface area (Å²) in [7, 11) is 0. The van der Waals surface area contributed by atoms with E-state index in [4.69, 9.17) is 0 Å². The predicted octanol–water partition coefficient (Wildman–Crippen LogP) is 1.93. The van der Waals surface area contributed by atoms with Gasteiger partial charge in [-0.2, -0.15) is 0 Å². The third kappa shape index (κ3) is 3.48. The Labute approximate surface area is 99.4 Å². The molecule has 1 aliphatic heterocycles. The van der Waals surface area contributed by atoms with Crippen LogP contribution in [0.3, 0.4) is 0 Å². The van der Waals surface area contributed by atoms with E-state index in [0.29, 0.717) is 18.0 Å². The Morgan fingerprint density at radius 2 is 2.19 bits per heavy atom. The third-order valence-electron chi connectivity index (χ3n) is 3.67. The number of carbonyl (C=O) groups is 1. The monoisotopic (exact) mass is 226 g/mol. The average Bonchev–Trinajstić information content (AvgIpc) is 2.25. The van der Waals surface area contributed by atoms with Gasteiger partial charge in [0, 0.05) is 12.1 Å². The number of carbonyl (C=O) groups excluding carboxylic acids is 1. The van der Waals surface area contributed by atoms with Crippen LogP contribution in [0.25, 0.3) is 0 Å². The standard InChI is InChI=1S/C13H26N2O/c1-5-12(9(2)3)15-13(16)11-7-6-8-14-10(11)4/h9-12,14H,5-8H2,1-4H3,(H,15,16). The Morgan fingerprint density at radius 3 is 2.69 bits per heavy atom. The van der Waals surface area contributed by atoms with Gasteiger partial charge >= 0.3 is 0 Å². The van der Waals surface area contributed by atoms with E-state index in [0.717, 1.165) is 25.8 Å². The number of hydrogen-bond acceptors (Lipinski definition) is 2. The van der Waals surface area contributed by atoms with Crippen LogP contribution in [0.4, 0.5) is 0 Å². The summed E-state index contributed by atoms with van der Waals surface area (Å²) >= 11 is 0. The van der Waals surface area contributed by atoms with Crippen molar-refractivity contribution >= 4 is 5.91 Å². The smallest absolute Gasteiger partial charge is 0.224 e. The number of amides is 1. The lowest BCUT2D eigenvalue weighted by Crippen LogP contribution is -2.49. The number of piperidine rings is 1. The molecule has 16 heavy (non-hydrogen) atoms. The Balaban J connectivity index is 2.49. The van der Waals surface area contributed by atoms with Gasteiger partial charge in [-0.05, 0) is 38.6 Å². The third-order valence-corrected chi connectivity index (χ3v) is 3.67.